The van der Waals surface area contributed by atoms with Crippen molar-refractivity contribution < 1.29 is 28.6 Å². The molecule has 0 fully saturated rings. The minimum atomic E-state index is -0.811. The summed E-state index contributed by atoms with van der Waals surface area (Å²) < 4.78 is 16.7. The summed E-state index contributed by atoms with van der Waals surface area (Å²) in [7, 11) is 0. The molecule has 0 saturated carbocycles. The van der Waals surface area contributed by atoms with Crippen LogP contribution in [0.2, 0.25) is 0 Å². The van der Waals surface area contributed by atoms with Gasteiger partial charge >= 0.3 is 17.9 Å². The van der Waals surface area contributed by atoms with E-state index in [2.05, 4.69) is 130 Å². The quantitative estimate of drug-likeness (QED) is 0.0264. The number of allylic oxidation sites excluding steroid dienone is 18. The lowest BCUT2D eigenvalue weighted by atomic mass is 10.1. The second-order valence-corrected chi connectivity index (χ2v) is 15.2. The van der Waals surface area contributed by atoms with Gasteiger partial charge in [-0.25, -0.2) is 0 Å². The highest BCUT2D eigenvalue weighted by Gasteiger charge is 2.19. The first-order valence-corrected chi connectivity index (χ1v) is 23.9. The van der Waals surface area contributed by atoms with E-state index in [1.165, 1.54) is 12.8 Å². The molecule has 6 heteroatoms. The van der Waals surface area contributed by atoms with Crippen molar-refractivity contribution in [3.63, 3.8) is 0 Å². The SMILES string of the molecule is CC/C=C\C/C=C\C/C=C\CCCCCCCCC(=O)OCC(COC(=O)CCCC/C=C\C/C=C\C/C=C\CC)OC(=O)CCCCCC/C=C\C/C=C\C/C=C\CC. The smallest absolute Gasteiger partial charge is 0.306 e. The molecular weight excluding hydrogens is 745 g/mol. The average Bonchev–Trinajstić information content (AvgIpc) is 3.24. The van der Waals surface area contributed by atoms with Crippen LogP contribution in [0.5, 0.6) is 0 Å². The molecule has 0 N–H and O–H groups in total. The van der Waals surface area contributed by atoms with E-state index < -0.39 is 6.10 Å². The molecule has 0 rings (SSSR count). The number of carbonyl (C=O) groups excluding carboxylic acids is 3. The van der Waals surface area contributed by atoms with E-state index >= 15 is 0 Å². The summed E-state index contributed by atoms with van der Waals surface area (Å²) in [4.78, 5) is 37.8. The fourth-order valence-corrected chi connectivity index (χ4v) is 6.01. The maximum atomic E-state index is 12.7. The third-order valence-corrected chi connectivity index (χ3v) is 9.50. The number of unbranched alkanes of at least 4 members (excludes halogenated alkanes) is 12. The van der Waals surface area contributed by atoms with Crippen LogP contribution in [0.1, 0.15) is 194 Å². The van der Waals surface area contributed by atoms with Crippen LogP contribution in [0.15, 0.2) is 109 Å². The number of hydrogen-bond donors (Lipinski definition) is 0. The van der Waals surface area contributed by atoms with Crippen molar-refractivity contribution in [2.75, 3.05) is 13.2 Å². The van der Waals surface area contributed by atoms with Gasteiger partial charge in [0.15, 0.2) is 6.10 Å². The van der Waals surface area contributed by atoms with E-state index in [9.17, 15) is 14.4 Å². The molecule has 0 bridgehead atoms. The van der Waals surface area contributed by atoms with E-state index in [-0.39, 0.29) is 37.5 Å². The maximum absolute atomic E-state index is 12.7. The second-order valence-electron chi connectivity index (χ2n) is 15.2. The molecule has 1 unspecified atom stereocenters. The van der Waals surface area contributed by atoms with E-state index in [1.807, 2.05) is 0 Å². The van der Waals surface area contributed by atoms with Crippen LogP contribution in [0.3, 0.4) is 0 Å². The van der Waals surface area contributed by atoms with Gasteiger partial charge in [0, 0.05) is 19.3 Å². The number of esters is 3. The Balaban J connectivity index is 4.50. The van der Waals surface area contributed by atoms with Gasteiger partial charge in [0.05, 0.1) is 0 Å². The Kier molecular flexibility index (Phi) is 44.6. The molecular formula is C54H86O6. The minimum Gasteiger partial charge on any atom is -0.462 e. The van der Waals surface area contributed by atoms with Crippen LogP contribution in [-0.2, 0) is 28.6 Å². The van der Waals surface area contributed by atoms with Gasteiger partial charge in [-0.05, 0) is 116 Å². The van der Waals surface area contributed by atoms with Crippen LogP contribution < -0.4 is 0 Å². The average molecular weight is 831 g/mol. The van der Waals surface area contributed by atoms with Crippen LogP contribution in [0.25, 0.3) is 0 Å². The van der Waals surface area contributed by atoms with Gasteiger partial charge in [-0.3, -0.25) is 14.4 Å². The summed E-state index contributed by atoms with van der Waals surface area (Å²) >= 11 is 0. The third kappa shape index (κ3) is 45.2. The summed E-state index contributed by atoms with van der Waals surface area (Å²) in [6.07, 6.45) is 63.6. The lowest BCUT2D eigenvalue weighted by Gasteiger charge is -2.18. The van der Waals surface area contributed by atoms with Crippen molar-refractivity contribution in [3.8, 4) is 0 Å². The molecule has 0 saturated heterocycles. The highest BCUT2D eigenvalue weighted by atomic mass is 16.6. The third-order valence-electron chi connectivity index (χ3n) is 9.50. The fourth-order valence-electron chi connectivity index (χ4n) is 6.01. The Bertz CT molecular complexity index is 1280. The Morgan fingerprint density at radius 3 is 0.967 bits per heavy atom. The van der Waals surface area contributed by atoms with Crippen molar-refractivity contribution in [2.24, 2.45) is 0 Å². The molecule has 0 heterocycles. The summed E-state index contributed by atoms with van der Waals surface area (Å²) in [5.41, 5.74) is 0. The van der Waals surface area contributed by atoms with Crippen molar-refractivity contribution in [1.29, 1.82) is 0 Å². The van der Waals surface area contributed by atoms with E-state index in [0.29, 0.717) is 12.8 Å². The fraction of sp³-hybridized carbons (Fsp3) is 0.611. The lowest BCUT2D eigenvalue weighted by Crippen LogP contribution is -2.30. The molecule has 0 aromatic carbocycles. The zero-order valence-electron chi connectivity index (χ0n) is 38.4. The predicted octanol–water partition coefficient (Wildman–Crippen LogP) is 15.6. The van der Waals surface area contributed by atoms with E-state index in [4.69, 9.17) is 14.2 Å². The molecule has 0 spiro atoms. The normalized spacial score (nSPS) is 13.1. The zero-order chi connectivity index (χ0) is 43.7. The van der Waals surface area contributed by atoms with Gasteiger partial charge in [-0.2, -0.15) is 0 Å². The number of ether oxygens (including phenoxy) is 3. The molecule has 0 aromatic rings. The molecule has 0 aliphatic rings. The number of rotatable bonds is 41. The van der Waals surface area contributed by atoms with Crippen LogP contribution in [0.4, 0.5) is 0 Å². The predicted molar refractivity (Wildman–Crippen MR) is 256 cm³/mol. The maximum Gasteiger partial charge on any atom is 0.306 e. The van der Waals surface area contributed by atoms with Gasteiger partial charge in [0.1, 0.15) is 13.2 Å². The first-order chi connectivity index (χ1) is 29.5. The lowest BCUT2D eigenvalue weighted by molar-refractivity contribution is -0.167. The first-order valence-electron chi connectivity index (χ1n) is 23.9. The molecule has 338 valence electrons. The summed E-state index contributed by atoms with van der Waals surface area (Å²) in [6.45, 7) is 6.20. The largest absolute Gasteiger partial charge is 0.462 e. The van der Waals surface area contributed by atoms with Crippen LogP contribution in [-0.4, -0.2) is 37.2 Å². The summed E-state index contributed by atoms with van der Waals surface area (Å²) in [6, 6.07) is 0. The zero-order valence-corrected chi connectivity index (χ0v) is 38.4. The highest BCUT2D eigenvalue weighted by molar-refractivity contribution is 5.71. The van der Waals surface area contributed by atoms with Gasteiger partial charge < -0.3 is 14.2 Å². The van der Waals surface area contributed by atoms with Gasteiger partial charge in [0.2, 0.25) is 0 Å². The van der Waals surface area contributed by atoms with Crippen molar-refractivity contribution in [3.05, 3.63) is 109 Å². The first kappa shape index (κ1) is 56.1. The van der Waals surface area contributed by atoms with Crippen molar-refractivity contribution >= 4 is 17.9 Å². The van der Waals surface area contributed by atoms with E-state index in [0.717, 1.165) is 141 Å². The molecule has 1 atom stereocenters. The minimum absolute atomic E-state index is 0.109. The Hall–Kier alpha value is -3.93. The Morgan fingerprint density at radius 1 is 0.333 bits per heavy atom. The molecule has 60 heavy (non-hydrogen) atoms. The van der Waals surface area contributed by atoms with Crippen LogP contribution >= 0.6 is 0 Å². The standard InChI is InChI=1S/C54H86O6/c1-4-7-10-13-16-19-22-25-27-28-30-32-35-38-41-44-47-53(56)59-50-51(49-58-52(55)46-43-40-37-34-31-24-21-18-15-12-9-6-3)60-54(57)48-45-42-39-36-33-29-26-23-20-17-14-11-8-5-2/h7-12,16-21,25-27,29,31,34,51H,4-6,13-15,22-24,28,30,32-33,35-50H2,1-3H3/b10-7-,11-8-,12-9-,19-16-,20-17-,21-18-,27-25-,29-26-,34-31-. The van der Waals surface area contributed by atoms with Crippen molar-refractivity contribution in [2.45, 2.75) is 200 Å². The van der Waals surface area contributed by atoms with Gasteiger partial charge in [-0.15, -0.1) is 0 Å². The summed E-state index contributed by atoms with van der Waals surface area (Å²) in [5, 5.41) is 0. The monoisotopic (exact) mass is 831 g/mol. The van der Waals surface area contributed by atoms with Crippen LogP contribution in [0, 0.1) is 0 Å². The molecule has 0 aliphatic carbocycles. The topological polar surface area (TPSA) is 78.9 Å². The number of hydrogen-bond acceptors (Lipinski definition) is 6. The molecule has 0 aliphatic heterocycles. The molecule has 0 aromatic heterocycles. The van der Waals surface area contributed by atoms with Crippen molar-refractivity contribution in [1.82, 2.24) is 0 Å². The van der Waals surface area contributed by atoms with E-state index in [1.54, 1.807) is 0 Å². The molecule has 0 amide bonds. The molecule has 0 radical (unpaired) electrons. The number of carbonyl (C=O) groups is 3. The molecule has 6 nitrogen and oxygen atoms in total. The van der Waals surface area contributed by atoms with Gasteiger partial charge in [-0.1, -0.05) is 169 Å². The highest BCUT2D eigenvalue weighted by Crippen LogP contribution is 2.12. The summed E-state index contributed by atoms with van der Waals surface area (Å²) in [5.74, 6) is -0.994. The second kappa shape index (κ2) is 47.7. The Morgan fingerprint density at radius 2 is 0.600 bits per heavy atom. The Labute approximate surface area is 368 Å². The van der Waals surface area contributed by atoms with Gasteiger partial charge in [0.25, 0.3) is 0 Å².